The third kappa shape index (κ3) is 3.77. The first-order valence-electron chi connectivity index (χ1n) is 7.91. The first kappa shape index (κ1) is 16.3. The van der Waals surface area contributed by atoms with Crippen LogP contribution < -0.4 is 16.2 Å². The monoisotopic (exact) mass is 312 g/mol. The van der Waals surface area contributed by atoms with Gasteiger partial charge >= 0.3 is 0 Å². The van der Waals surface area contributed by atoms with Gasteiger partial charge in [0.05, 0.1) is 11.9 Å². The van der Waals surface area contributed by atoms with Crippen LogP contribution in [0.25, 0.3) is 0 Å². The predicted octanol–water partition coefficient (Wildman–Crippen LogP) is 2.40. The maximum absolute atomic E-state index is 12.3. The Balaban J connectivity index is 2.26. The molecular formula is C15H25ClN4O. The lowest BCUT2D eigenvalue weighted by Gasteiger charge is -2.37. The van der Waals surface area contributed by atoms with Gasteiger partial charge in [-0.15, -0.1) is 0 Å². The van der Waals surface area contributed by atoms with E-state index in [-0.39, 0.29) is 5.56 Å². The molecule has 0 aliphatic carbocycles. The molecule has 1 unspecified atom stereocenters. The molecule has 1 saturated heterocycles. The van der Waals surface area contributed by atoms with Crippen molar-refractivity contribution in [3.8, 4) is 0 Å². The van der Waals surface area contributed by atoms with Gasteiger partial charge in [0.1, 0.15) is 5.02 Å². The Morgan fingerprint density at radius 1 is 1.48 bits per heavy atom. The molecule has 118 valence electrons. The zero-order chi connectivity index (χ0) is 15.2. The lowest BCUT2D eigenvalue weighted by Crippen LogP contribution is -2.42. The van der Waals surface area contributed by atoms with Crippen molar-refractivity contribution in [3.63, 3.8) is 0 Å². The maximum Gasteiger partial charge on any atom is 0.287 e. The number of hydrogen-bond donors (Lipinski definition) is 1. The van der Waals surface area contributed by atoms with Gasteiger partial charge in [0.15, 0.2) is 0 Å². The summed E-state index contributed by atoms with van der Waals surface area (Å²) in [5, 5.41) is 4.59. The van der Waals surface area contributed by atoms with Gasteiger partial charge in [0.2, 0.25) is 0 Å². The third-order valence-corrected chi connectivity index (χ3v) is 4.48. The van der Waals surface area contributed by atoms with Crippen molar-refractivity contribution in [2.75, 3.05) is 18.0 Å². The second kappa shape index (κ2) is 7.80. The molecule has 2 heterocycles. The smallest absolute Gasteiger partial charge is 0.287 e. The average Bonchev–Trinajstić information content (AvgIpc) is 2.50. The molecule has 1 aromatic heterocycles. The van der Waals surface area contributed by atoms with E-state index in [4.69, 9.17) is 17.3 Å². The van der Waals surface area contributed by atoms with Crippen LogP contribution in [-0.4, -0.2) is 28.9 Å². The van der Waals surface area contributed by atoms with Gasteiger partial charge < -0.3 is 10.6 Å². The summed E-state index contributed by atoms with van der Waals surface area (Å²) in [6.07, 6.45) is 8.06. The van der Waals surface area contributed by atoms with E-state index in [1.807, 2.05) is 0 Å². The summed E-state index contributed by atoms with van der Waals surface area (Å²) >= 11 is 6.33. The summed E-state index contributed by atoms with van der Waals surface area (Å²) < 4.78 is 1.47. The quantitative estimate of drug-likeness (QED) is 0.876. The Kier molecular flexibility index (Phi) is 6.06. The van der Waals surface area contributed by atoms with E-state index in [0.717, 1.165) is 44.3 Å². The molecule has 6 heteroatoms. The lowest BCUT2D eigenvalue weighted by atomic mass is 9.99. The number of piperidine rings is 1. The molecule has 0 saturated carbocycles. The van der Waals surface area contributed by atoms with Gasteiger partial charge in [-0.2, -0.15) is 5.10 Å². The fourth-order valence-electron chi connectivity index (χ4n) is 2.93. The minimum absolute atomic E-state index is 0.181. The number of aryl methyl sites for hydroxylation is 1. The summed E-state index contributed by atoms with van der Waals surface area (Å²) in [7, 11) is 0. The summed E-state index contributed by atoms with van der Waals surface area (Å²) in [6, 6.07) is 0.369. The number of anilines is 1. The van der Waals surface area contributed by atoms with Crippen LogP contribution in [0.15, 0.2) is 11.0 Å². The van der Waals surface area contributed by atoms with E-state index in [2.05, 4.69) is 16.9 Å². The van der Waals surface area contributed by atoms with Crippen LogP contribution in [0.2, 0.25) is 5.02 Å². The summed E-state index contributed by atoms with van der Waals surface area (Å²) in [4.78, 5) is 14.5. The SMILES string of the molecule is CCCCn1ncc(N2CCCCC2CCN)c(Cl)c1=O. The van der Waals surface area contributed by atoms with Gasteiger partial charge in [-0.05, 0) is 38.6 Å². The van der Waals surface area contributed by atoms with Crippen molar-refractivity contribution in [1.29, 1.82) is 0 Å². The van der Waals surface area contributed by atoms with Crippen molar-refractivity contribution < 1.29 is 0 Å². The van der Waals surface area contributed by atoms with Gasteiger partial charge in [0.25, 0.3) is 5.56 Å². The molecule has 1 aliphatic heterocycles. The predicted molar refractivity (Wildman–Crippen MR) is 87.1 cm³/mol. The van der Waals surface area contributed by atoms with E-state index < -0.39 is 0 Å². The molecule has 1 aromatic rings. The first-order valence-corrected chi connectivity index (χ1v) is 8.29. The standard InChI is InChI=1S/C15H25ClN4O/c1-2-3-10-20-15(21)14(16)13(11-18-20)19-9-5-4-6-12(19)7-8-17/h11-12H,2-10,17H2,1H3. The van der Waals surface area contributed by atoms with E-state index in [1.54, 1.807) is 6.20 Å². The largest absolute Gasteiger partial charge is 0.366 e. The topological polar surface area (TPSA) is 64.2 Å². The van der Waals surface area contributed by atoms with Crippen molar-refractivity contribution in [2.24, 2.45) is 5.73 Å². The van der Waals surface area contributed by atoms with Crippen LogP contribution in [0.3, 0.4) is 0 Å². The van der Waals surface area contributed by atoms with Crippen LogP contribution in [0, 0.1) is 0 Å². The second-order valence-electron chi connectivity index (χ2n) is 5.65. The molecule has 0 radical (unpaired) electrons. The Labute approximate surface area is 131 Å². The molecule has 2 N–H and O–H groups in total. The highest BCUT2D eigenvalue weighted by molar-refractivity contribution is 6.33. The molecule has 1 fully saturated rings. The van der Waals surface area contributed by atoms with Gasteiger partial charge in [-0.3, -0.25) is 4.79 Å². The molecule has 1 atom stereocenters. The summed E-state index contributed by atoms with van der Waals surface area (Å²) in [5.74, 6) is 0. The van der Waals surface area contributed by atoms with Crippen molar-refractivity contribution in [2.45, 2.75) is 58.0 Å². The third-order valence-electron chi connectivity index (χ3n) is 4.13. The molecule has 0 amide bonds. The first-order chi connectivity index (χ1) is 10.2. The fourth-order valence-corrected chi connectivity index (χ4v) is 3.19. The van der Waals surface area contributed by atoms with Crippen molar-refractivity contribution in [1.82, 2.24) is 9.78 Å². The number of nitrogens with two attached hydrogens (primary N) is 1. The Morgan fingerprint density at radius 2 is 2.29 bits per heavy atom. The Morgan fingerprint density at radius 3 is 3.00 bits per heavy atom. The zero-order valence-electron chi connectivity index (χ0n) is 12.7. The Bertz CT molecular complexity index is 515. The van der Waals surface area contributed by atoms with Gasteiger partial charge in [-0.25, -0.2) is 4.68 Å². The number of hydrogen-bond acceptors (Lipinski definition) is 4. The van der Waals surface area contributed by atoms with Crippen molar-refractivity contribution in [3.05, 3.63) is 21.6 Å². The minimum Gasteiger partial charge on any atom is -0.366 e. The maximum atomic E-state index is 12.3. The number of aromatic nitrogens is 2. The van der Waals surface area contributed by atoms with Crippen LogP contribution in [0.1, 0.15) is 45.4 Å². The highest BCUT2D eigenvalue weighted by Gasteiger charge is 2.25. The number of nitrogens with zero attached hydrogens (tertiary/aromatic N) is 3. The van der Waals surface area contributed by atoms with Crippen LogP contribution in [0.5, 0.6) is 0 Å². The zero-order valence-corrected chi connectivity index (χ0v) is 13.5. The van der Waals surface area contributed by atoms with E-state index in [0.29, 0.717) is 24.2 Å². The van der Waals surface area contributed by atoms with Crippen molar-refractivity contribution >= 4 is 17.3 Å². The molecule has 21 heavy (non-hydrogen) atoms. The normalized spacial score (nSPS) is 19.0. The molecule has 1 aliphatic rings. The fraction of sp³-hybridized carbons (Fsp3) is 0.733. The van der Waals surface area contributed by atoms with Gasteiger partial charge in [0, 0.05) is 19.1 Å². The highest BCUT2D eigenvalue weighted by atomic mass is 35.5. The van der Waals surface area contributed by atoms with Crippen LogP contribution in [-0.2, 0) is 6.54 Å². The molecule has 0 bridgehead atoms. The molecule has 0 aromatic carbocycles. The lowest BCUT2D eigenvalue weighted by molar-refractivity contribution is 0.439. The van der Waals surface area contributed by atoms with E-state index >= 15 is 0 Å². The summed E-state index contributed by atoms with van der Waals surface area (Å²) in [5.41, 5.74) is 6.30. The molecule has 2 rings (SSSR count). The van der Waals surface area contributed by atoms with Gasteiger partial charge in [-0.1, -0.05) is 24.9 Å². The number of halogens is 1. The molecule has 5 nitrogen and oxygen atoms in total. The minimum atomic E-state index is -0.181. The van der Waals surface area contributed by atoms with Crippen LogP contribution >= 0.6 is 11.6 Å². The number of unbranched alkanes of at least 4 members (excludes halogenated alkanes) is 1. The summed E-state index contributed by atoms with van der Waals surface area (Å²) in [6.45, 7) is 4.29. The average molecular weight is 313 g/mol. The second-order valence-corrected chi connectivity index (χ2v) is 6.02. The molecular weight excluding hydrogens is 288 g/mol. The van der Waals surface area contributed by atoms with E-state index in [9.17, 15) is 4.79 Å². The Hall–Kier alpha value is -1.07. The molecule has 0 spiro atoms. The van der Waals surface area contributed by atoms with Crippen LogP contribution in [0.4, 0.5) is 5.69 Å². The number of rotatable bonds is 6. The highest BCUT2D eigenvalue weighted by Crippen LogP contribution is 2.29. The van der Waals surface area contributed by atoms with E-state index in [1.165, 1.54) is 11.1 Å².